The maximum atomic E-state index is 5.86. The van der Waals surface area contributed by atoms with Crippen LogP contribution in [0.25, 0.3) is 0 Å². The second-order valence-corrected chi connectivity index (χ2v) is 5.42. The van der Waals surface area contributed by atoms with Crippen LogP contribution in [-0.4, -0.2) is 13.2 Å². The van der Waals surface area contributed by atoms with Crippen molar-refractivity contribution in [2.45, 2.75) is 59.3 Å². The van der Waals surface area contributed by atoms with Crippen molar-refractivity contribution in [1.82, 2.24) is 0 Å². The normalized spacial score (nSPS) is 12.6. The van der Waals surface area contributed by atoms with E-state index in [1.165, 1.54) is 5.56 Å². The highest BCUT2D eigenvalue weighted by Crippen LogP contribution is 2.32. The van der Waals surface area contributed by atoms with E-state index in [0.29, 0.717) is 5.92 Å². The van der Waals surface area contributed by atoms with Crippen LogP contribution in [0.1, 0.15) is 64.9 Å². The molecule has 118 valence electrons. The lowest BCUT2D eigenvalue weighted by atomic mass is 9.97. The Hall–Kier alpha value is -1.44. The molecule has 0 aliphatic rings. The smallest absolute Gasteiger partial charge is 0.161 e. The third kappa shape index (κ3) is 6.24. The van der Waals surface area contributed by atoms with Gasteiger partial charge in [-0.1, -0.05) is 45.9 Å². The Morgan fingerprint density at radius 1 is 0.952 bits per heavy atom. The second-order valence-electron chi connectivity index (χ2n) is 5.42. The summed E-state index contributed by atoms with van der Waals surface area (Å²) >= 11 is 0. The molecule has 0 saturated carbocycles. The third-order valence-corrected chi connectivity index (χ3v) is 3.35. The molecule has 1 atom stereocenters. The molecular weight excluding hydrogens is 260 g/mol. The average molecular weight is 290 g/mol. The molecule has 1 rings (SSSR count). The van der Waals surface area contributed by atoms with Crippen LogP contribution in [-0.2, 0) is 0 Å². The molecule has 1 aromatic carbocycles. The molecule has 0 bridgehead atoms. The molecule has 0 amide bonds. The van der Waals surface area contributed by atoms with Crippen molar-refractivity contribution < 1.29 is 9.47 Å². The van der Waals surface area contributed by atoms with E-state index in [0.717, 1.165) is 50.4 Å². The molecule has 1 unspecified atom stereocenters. The summed E-state index contributed by atoms with van der Waals surface area (Å²) in [4.78, 5) is 0. The van der Waals surface area contributed by atoms with Gasteiger partial charge in [-0.2, -0.15) is 0 Å². The van der Waals surface area contributed by atoms with Gasteiger partial charge in [0.05, 0.1) is 13.2 Å². The van der Waals surface area contributed by atoms with Gasteiger partial charge in [-0.3, -0.25) is 0 Å². The Labute approximate surface area is 130 Å². The fourth-order valence-corrected chi connectivity index (χ4v) is 2.09. The molecule has 21 heavy (non-hydrogen) atoms. The highest BCUT2D eigenvalue weighted by molar-refractivity contribution is 5.44. The summed E-state index contributed by atoms with van der Waals surface area (Å²) < 4.78 is 11.6. The predicted molar refractivity (Wildman–Crippen MR) is 90.5 cm³/mol. The van der Waals surface area contributed by atoms with Crippen LogP contribution in [0.3, 0.4) is 0 Å². The molecule has 0 aromatic heterocycles. The van der Waals surface area contributed by atoms with Gasteiger partial charge in [0.1, 0.15) is 0 Å². The zero-order valence-electron chi connectivity index (χ0n) is 14.0. The van der Waals surface area contributed by atoms with E-state index < -0.39 is 0 Å². The average Bonchev–Trinajstić information content (AvgIpc) is 2.51. The van der Waals surface area contributed by atoms with Crippen molar-refractivity contribution in [1.29, 1.82) is 0 Å². The molecule has 0 spiro atoms. The number of hydrogen-bond donors (Lipinski definition) is 0. The number of benzene rings is 1. The van der Waals surface area contributed by atoms with Crippen LogP contribution >= 0.6 is 0 Å². The summed E-state index contributed by atoms with van der Waals surface area (Å²) in [5.74, 6) is 2.25. The van der Waals surface area contributed by atoms with Crippen LogP contribution in [0.15, 0.2) is 30.4 Å². The van der Waals surface area contributed by atoms with E-state index in [4.69, 9.17) is 9.47 Å². The summed E-state index contributed by atoms with van der Waals surface area (Å²) in [5, 5.41) is 0. The first kappa shape index (κ1) is 17.6. The fourth-order valence-electron chi connectivity index (χ4n) is 2.09. The molecule has 0 fully saturated rings. The maximum Gasteiger partial charge on any atom is 0.161 e. The van der Waals surface area contributed by atoms with Gasteiger partial charge >= 0.3 is 0 Å². The first-order valence-corrected chi connectivity index (χ1v) is 8.27. The molecule has 2 heteroatoms. The summed E-state index contributed by atoms with van der Waals surface area (Å²) in [5.41, 5.74) is 1.31. The van der Waals surface area contributed by atoms with Crippen molar-refractivity contribution in [3.05, 3.63) is 35.9 Å². The van der Waals surface area contributed by atoms with Gasteiger partial charge in [-0.25, -0.2) is 0 Å². The summed E-state index contributed by atoms with van der Waals surface area (Å²) in [6, 6.07) is 6.36. The lowest BCUT2D eigenvalue weighted by molar-refractivity contribution is 0.268. The number of allylic oxidation sites excluding steroid dienone is 2. The Bertz CT molecular complexity index is 424. The molecule has 2 nitrogen and oxygen atoms in total. The number of ether oxygens (including phenoxy) is 2. The summed E-state index contributed by atoms with van der Waals surface area (Å²) in [6.07, 6.45) is 8.67. The Kier molecular flexibility index (Phi) is 8.65. The van der Waals surface area contributed by atoms with Crippen LogP contribution in [0, 0.1) is 0 Å². The van der Waals surface area contributed by atoms with Gasteiger partial charge in [0.25, 0.3) is 0 Å². The van der Waals surface area contributed by atoms with Gasteiger partial charge in [0, 0.05) is 0 Å². The van der Waals surface area contributed by atoms with Crippen LogP contribution in [0.5, 0.6) is 11.5 Å². The first-order valence-electron chi connectivity index (χ1n) is 8.27. The van der Waals surface area contributed by atoms with Gasteiger partial charge < -0.3 is 9.47 Å². The molecule has 0 saturated heterocycles. The maximum absolute atomic E-state index is 5.86. The van der Waals surface area contributed by atoms with E-state index in [1.54, 1.807) is 0 Å². The Morgan fingerprint density at radius 2 is 1.62 bits per heavy atom. The molecular formula is C19H30O2. The van der Waals surface area contributed by atoms with E-state index in [-0.39, 0.29) is 0 Å². The summed E-state index contributed by atoms with van der Waals surface area (Å²) in [6.45, 7) is 10.1. The standard InChI is InChI=1S/C19H30O2/c1-5-8-9-10-16(4)17-11-12-18(20-13-6-2)19(15-17)21-14-7-3/h8-9,11-12,15-16H,5-7,10,13-14H2,1-4H3/b9-8-. The Balaban J connectivity index is 2.83. The minimum atomic E-state index is 0.497. The molecule has 0 N–H and O–H groups in total. The van der Waals surface area contributed by atoms with Crippen molar-refractivity contribution in [3.63, 3.8) is 0 Å². The quantitative estimate of drug-likeness (QED) is 0.513. The second kappa shape index (κ2) is 10.3. The number of hydrogen-bond acceptors (Lipinski definition) is 2. The van der Waals surface area contributed by atoms with Gasteiger partial charge in [-0.15, -0.1) is 0 Å². The molecule has 0 aliphatic heterocycles. The molecule has 0 heterocycles. The largest absolute Gasteiger partial charge is 0.490 e. The van der Waals surface area contributed by atoms with Gasteiger partial charge in [-0.05, 0) is 49.3 Å². The molecule has 0 aliphatic carbocycles. The van der Waals surface area contributed by atoms with Crippen LogP contribution in [0.2, 0.25) is 0 Å². The Morgan fingerprint density at radius 3 is 2.24 bits per heavy atom. The fraction of sp³-hybridized carbons (Fsp3) is 0.579. The highest BCUT2D eigenvalue weighted by Gasteiger charge is 2.10. The van der Waals surface area contributed by atoms with Crippen LogP contribution < -0.4 is 9.47 Å². The highest BCUT2D eigenvalue weighted by atomic mass is 16.5. The number of rotatable bonds is 10. The van der Waals surface area contributed by atoms with Crippen molar-refractivity contribution >= 4 is 0 Å². The lowest BCUT2D eigenvalue weighted by Gasteiger charge is -2.16. The predicted octanol–water partition coefficient (Wildman–Crippen LogP) is 5.72. The molecule has 1 aromatic rings. The van der Waals surface area contributed by atoms with E-state index in [2.05, 4.69) is 58.0 Å². The van der Waals surface area contributed by atoms with Crippen molar-refractivity contribution in [2.24, 2.45) is 0 Å². The monoisotopic (exact) mass is 290 g/mol. The topological polar surface area (TPSA) is 18.5 Å². The zero-order valence-corrected chi connectivity index (χ0v) is 14.0. The van der Waals surface area contributed by atoms with Gasteiger partial charge in [0.15, 0.2) is 11.5 Å². The van der Waals surface area contributed by atoms with Crippen molar-refractivity contribution in [2.75, 3.05) is 13.2 Å². The first-order chi connectivity index (χ1) is 10.2. The van der Waals surface area contributed by atoms with E-state index in [9.17, 15) is 0 Å². The minimum absolute atomic E-state index is 0.497. The zero-order chi connectivity index (χ0) is 15.5. The summed E-state index contributed by atoms with van der Waals surface area (Å²) in [7, 11) is 0. The van der Waals surface area contributed by atoms with Crippen LogP contribution in [0.4, 0.5) is 0 Å². The SMILES string of the molecule is CC/C=C\CC(C)c1ccc(OCCC)c(OCCC)c1. The minimum Gasteiger partial charge on any atom is -0.490 e. The van der Waals surface area contributed by atoms with E-state index in [1.807, 2.05) is 0 Å². The third-order valence-electron chi connectivity index (χ3n) is 3.35. The van der Waals surface area contributed by atoms with E-state index >= 15 is 0 Å². The van der Waals surface area contributed by atoms with Crippen molar-refractivity contribution in [3.8, 4) is 11.5 Å². The van der Waals surface area contributed by atoms with Gasteiger partial charge in [0.2, 0.25) is 0 Å². The lowest BCUT2D eigenvalue weighted by Crippen LogP contribution is -2.02. The molecule has 0 radical (unpaired) electrons.